The normalized spacial score (nSPS) is 14.3. The quantitative estimate of drug-likeness (QED) is 0.807. The highest BCUT2D eigenvalue weighted by Gasteiger charge is 2.22. The molecule has 1 aromatic rings. The fourth-order valence-electron chi connectivity index (χ4n) is 2.27. The molecule has 0 radical (unpaired) electrons. The molecular formula is C16H29N3O2. The Morgan fingerprint density at radius 2 is 2.05 bits per heavy atom. The van der Waals surface area contributed by atoms with Gasteiger partial charge in [-0.25, -0.2) is 0 Å². The summed E-state index contributed by atoms with van der Waals surface area (Å²) in [5.74, 6) is 0.479. The van der Waals surface area contributed by atoms with Gasteiger partial charge in [0.2, 0.25) is 5.91 Å². The smallest absolute Gasteiger partial charge is 0.224 e. The minimum atomic E-state index is -0.848. The van der Waals surface area contributed by atoms with Gasteiger partial charge in [0, 0.05) is 24.8 Å². The van der Waals surface area contributed by atoms with Crippen LogP contribution in [-0.4, -0.2) is 32.9 Å². The molecule has 0 saturated carbocycles. The molecule has 1 aromatic heterocycles. The van der Waals surface area contributed by atoms with Crippen LogP contribution in [0.3, 0.4) is 0 Å². The Hall–Kier alpha value is -1.36. The summed E-state index contributed by atoms with van der Waals surface area (Å²) < 4.78 is 1.79. The zero-order valence-electron chi connectivity index (χ0n) is 14.2. The number of aliphatic hydroxyl groups is 1. The second-order valence-electron chi connectivity index (χ2n) is 6.66. The summed E-state index contributed by atoms with van der Waals surface area (Å²) in [5, 5.41) is 17.4. The van der Waals surface area contributed by atoms with Crippen LogP contribution in [0, 0.1) is 19.8 Å². The van der Waals surface area contributed by atoms with Crippen LogP contribution in [0.4, 0.5) is 0 Å². The van der Waals surface area contributed by atoms with E-state index in [9.17, 15) is 9.90 Å². The number of rotatable bonds is 7. The van der Waals surface area contributed by atoms with E-state index in [-0.39, 0.29) is 12.5 Å². The molecule has 1 rings (SSSR count). The number of amides is 1. The Balaban J connectivity index is 2.51. The minimum Gasteiger partial charge on any atom is -0.388 e. The predicted octanol–water partition coefficient (Wildman–Crippen LogP) is 1.88. The molecule has 5 heteroatoms. The molecule has 0 aliphatic carbocycles. The highest BCUT2D eigenvalue weighted by Crippen LogP contribution is 2.16. The molecule has 0 aliphatic heterocycles. The summed E-state index contributed by atoms with van der Waals surface area (Å²) >= 11 is 0. The molecule has 2 N–H and O–H groups in total. The van der Waals surface area contributed by atoms with Crippen LogP contribution in [-0.2, 0) is 18.3 Å². The molecule has 0 aliphatic rings. The van der Waals surface area contributed by atoms with Gasteiger partial charge in [0.05, 0.1) is 17.7 Å². The molecular weight excluding hydrogens is 266 g/mol. The highest BCUT2D eigenvalue weighted by molar-refractivity contribution is 5.79. The fraction of sp³-hybridized carbons (Fsp3) is 0.750. The molecule has 0 saturated heterocycles. The third-order valence-electron chi connectivity index (χ3n) is 3.92. The molecule has 0 bridgehead atoms. The number of hydrogen-bond donors (Lipinski definition) is 2. The monoisotopic (exact) mass is 295 g/mol. The maximum atomic E-state index is 12.1. The first-order valence-corrected chi connectivity index (χ1v) is 7.60. The summed E-state index contributed by atoms with van der Waals surface area (Å²) in [6.07, 6.45) is 1.95. The van der Waals surface area contributed by atoms with Crippen molar-refractivity contribution in [1.82, 2.24) is 15.1 Å². The second-order valence-corrected chi connectivity index (χ2v) is 6.66. The van der Waals surface area contributed by atoms with Crippen molar-refractivity contribution in [3.63, 3.8) is 0 Å². The van der Waals surface area contributed by atoms with Gasteiger partial charge in [0.1, 0.15) is 0 Å². The average molecular weight is 295 g/mol. The molecule has 1 atom stereocenters. The SMILES string of the molecule is Cc1nn(C)c(C)c1CC(=O)NCC(C)(O)CCC(C)C. The van der Waals surface area contributed by atoms with Crippen LogP contribution < -0.4 is 5.32 Å². The van der Waals surface area contributed by atoms with Crippen molar-refractivity contribution in [2.75, 3.05) is 6.54 Å². The maximum Gasteiger partial charge on any atom is 0.224 e. The third-order valence-corrected chi connectivity index (χ3v) is 3.92. The van der Waals surface area contributed by atoms with Crippen LogP contribution in [0.5, 0.6) is 0 Å². The van der Waals surface area contributed by atoms with Crippen molar-refractivity contribution < 1.29 is 9.90 Å². The van der Waals surface area contributed by atoms with Crippen LogP contribution >= 0.6 is 0 Å². The van der Waals surface area contributed by atoms with Crippen molar-refractivity contribution in [1.29, 1.82) is 0 Å². The Bertz CT molecular complexity index is 490. The van der Waals surface area contributed by atoms with Crippen molar-refractivity contribution in [2.45, 2.75) is 59.5 Å². The zero-order valence-corrected chi connectivity index (χ0v) is 14.2. The number of aryl methyl sites for hydroxylation is 2. The van der Waals surface area contributed by atoms with Crippen molar-refractivity contribution >= 4 is 5.91 Å². The minimum absolute atomic E-state index is 0.0704. The topological polar surface area (TPSA) is 67.2 Å². The van der Waals surface area contributed by atoms with Gasteiger partial charge in [-0.3, -0.25) is 9.48 Å². The highest BCUT2D eigenvalue weighted by atomic mass is 16.3. The average Bonchev–Trinajstić information content (AvgIpc) is 2.61. The van der Waals surface area contributed by atoms with E-state index in [1.54, 1.807) is 11.6 Å². The van der Waals surface area contributed by atoms with Crippen molar-refractivity contribution in [3.05, 3.63) is 17.0 Å². The van der Waals surface area contributed by atoms with Gasteiger partial charge in [-0.1, -0.05) is 13.8 Å². The number of nitrogens with one attached hydrogen (secondary N) is 1. The molecule has 1 unspecified atom stereocenters. The Labute approximate surface area is 127 Å². The van der Waals surface area contributed by atoms with Crippen LogP contribution in [0.25, 0.3) is 0 Å². The molecule has 0 spiro atoms. The van der Waals surface area contributed by atoms with Gasteiger partial charge in [-0.15, -0.1) is 0 Å². The first-order valence-electron chi connectivity index (χ1n) is 7.60. The van der Waals surface area contributed by atoms with E-state index in [1.807, 2.05) is 20.9 Å². The first-order chi connectivity index (χ1) is 9.62. The van der Waals surface area contributed by atoms with Gasteiger partial charge >= 0.3 is 0 Å². The van der Waals surface area contributed by atoms with Crippen LogP contribution in [0.1, 0.15) is 50.6 Å². The van der Waals surface area contributed by atoms with Gasteiger partial charge in [-0.2, -0.15) is 5.10 Å². The third kappa shape index (κ3) is 5.50. The van der Waals surface area contributed by atoms with E-state index in [0.717, 1.165) is 23.4 Å². The number of aromatic nitrogens is 2. The van der Waals surface area contributed by atoms with E-state index in [4.69, 9.17) is 0 Å². The van der Waals surface area contributed by atoms with Crippen LogP contribution in [0.15, 0.2) is 0 Å². The number of hydrogen-bond acceptors (Lipinski definition) is 3. The number of carbonyl (C=O) groups is 1. The van der Waals surface area contributed by atoms with Gasteiger partial charge in [0.25, 0.3) is 0 Å². The summed E-state index contributed by atoms with van der Waals surface area (Å²) in [4.78, 5) is 12.1. The Kier molecular flexibility index (Phi) is 5.96. The summed E-state index contributed by atoms with van der Waals surface area (Å²) in [7, 11) is 1.88. The van der Waals surface area contributed by atoms with Crippen molar-refractivity contribution in [3.8, 4) is 0 Å². The summed E-state index contributed by atoms with van der Waals surface area (Å²) in [5.41, 5.74) is 2.02. The van der Waals surface area contributed by atoms with E-state index in [0.29, 0.717) is 18.8 Å². The lowest BCUT2D eigenvalue weighted by Gasteiger charge is -2.24. The molecule has 1 heterocycles. The zero-order chi connectivity index (χ0) is 16.2. The number of nitrogens with zero attached hydrogens (tertiary/aromatic N) is 2. The molecule has 0 aromatic carbocycles. The maximum absolute atomic E-state index is 12.1. The molecule has 120 valence electrons. The predicted molar refractivity (Wildman–Crippen MR) is 84.1 cm³/mol. The van der Waals surface area contributed by atoms with Crippen molar-refractivity contribution in [2.24, 2.45) is 13.0 Å². The molecule has 21 heavy (non-hydrogen) atoms. The largest absolute Gasteiger partial charge is 0.388 e. The fourth-order valence-corrected chi connectivity index (χ4v) is 2.27. The standard InChI is InChI=1S/C16H29N3O2/c1-11(2)7-8-16(5,21)10-17-15(20)9-14-12(3)18-19(6)13(14)4/h11,21H,7-10H2,1-6H3,(H,17,20). The second kappa shape index (κ2) is 7.07. The molecule has 1 amide bonds. The molecule has 0 fully saturated rings. The van der Waals surface area contributed by atoms with Gasteiger partial charge in [-0.05, 0) is 39.5 Å². The Morgan fingerprint density at radius 3 is 2.52 bits per heavy atom. The van der Waals surface area contributed by atoms with E-state index in [1.165, 1.54) is 0 Å². The van der Waals surface area contributed by atoms with E-state index in [2.05, 4.69) is 24.3 Å². The van der Waals surface area contributed by atoms with E-state index >= 15 is 0 Å². The van der Waals surface area contributed by atoms with Gasteiger partial charge < -0.3 is 10.4 Å². The van der Waals surface area contributed by atoms with E-state index < -0.39 is 5.60 Å². The van der Waals surface area contributed by atoms with Gasteiger partial charge in [0.15, 0.2) is 0 Å². The first kappa shape index (κ1) is 17.7. The lowest BCUT2D eigenvalue weighted by atomic mass is 9.95. The molecule has 5 nitrogen and oxygen atoms in total. The van der Waals surface area contributed by atoms with Crippen LogP contribution in [0.2, 0.25) is 0 Å². The Morgan fingerprint density at radius 1 is 1.43 bits per heavy atom. The summed E-state index contributed by atoms with van der Waals surface area (Å²) in [6, 6.07) is 0. The summed E-state index contributed by atoms with van der Waals surface area (Å²) in [6.45, 7) is 10.2. The lowest BCUT2D eigenvalue weighted by Crippen LogP contribution is -2.41. The lowest BCUT2D eigenvalue weighted by molar-refractivity contribution is -0.121. The number of carbonyl (C=O) groups excluding carboxylic acids is 1.